The zero-order valence-corrected chi connectivity index (χ0v) is 18.1. The van der Waals surface area contributed by atoms with Crippen LogP contribution in [-0.4, -0.2) is 23.7 Å². The van der Waals surface area contributed by atoms with Gasteiger partial charge < -0.3 is 4.55 Å². The number of hydrogen-bond donors (Lipinski definition) is 2. The fraction of sp³-hybridized carbons (Fsp3) is 0.700. The van der Waals surface area contributed by atoms with Crippen LogP contribution in [0.3, 0.4) is 0 Å². The molecule has 0 aliphatic heterocycles. The third kappa shape index (κ3) is 11.0. The Hall–Kier alpha value is -0.760. The number of benzene rings is 1. The summed E-state index contributed by atoms with van der Waals surface area (Å²) in [7, 11) is -3.55. The fourth-order valence-electron chi connectivity index (χ4n) is 2.99. The summed E-state index contributed by atoms with van der Waals surface area (Å²) >= 11 is -2.09. The lowest BCUT2D eigenvalue weighted by molar-refractivity contribution is 0.540. The van der Waals surface area contributed by atoms with Crippen LogP contribution in [-0.2, 0) is 21.1 Å². The molecule has 5 nitrogen and oxygen atoms in total. The Labute approximate surface area is 167 Å². The van der Waals surface area contributed by atoms with E-state index in [1.54, 1.807) is 0 Å². The third-order valence-corrected chi connectivity index (χ3v) is 6.81. The van der Waals surface area contributed by atoms with Crippen molar-refractivity contribution in [2.75, 3.05) is 6.54 Å². The lowest BCUT2D eigenvalue weighted by Gasteiger charge is -2.07. The molecule has 0 radical (unpaired) electrons. The molecule has 1 atom stereocenters. The molecule has 1 aromatic rings. The molecule has 0 bridgehead atoms. The van der Waals surface area contributed by atoms with Crippen molar-refractivity contribution < 1.29 is 17.2 Å². The van der Waals surface area contributed by atoms with E-state index in [1.165, 1.54) is 82.1 Å². The molecule has 0 saturated carbocycles. The van der Waals surface area contributed by atoms with Crippen LogP contribution in [0.1, 0.15) is 84.0 Å². The van der Waals surface area contributed by atoms with Gasteiger partial charge in [0.25, 0.3) is 0 Å². The molecule has 0 heterocycles. The molecule has 0 amide bonds. The Bertz CT molecular complexity index is 630. The van der Waals surface area contributed by atoms with E-state index in [4.69, 9.17) is 4.55 Å². The second-order valence-electron chi connectivity index (χ2n) is 7.01. The van der Waals surface area contributed by atoms with E-state index in [0.29, 0.717) is 6.54 Å². The Morgan fingerprint density at radius 2 is 1.26 bits per heavy atom. The van der Waals surface area contributed by atoms with Crippen molar-refractivity contribution in [3.8, 4) is 0 Å². The van der Waals surface area contributed by atoms with E-state index < -0.39 is 21.1 Å². The first-order valence-corrected chi connectivity index (χ1v) is 12.8. The normalized spacial score (nSPS) is 13.0. The summed E-state index contributed by atoms with van der Waals surface area (Å²) < 4.78 is 46.8. The van der Waals surface area contributed by atoms with Crippen LogP contribution in [0.15, 0.2) is 34.1 Å². The fourth-order valence-corrected chi connectivity index (χ4v) is 4.43. The van der Waals surface area contributed by atoms with Crippen LogP contribution in [0, 0.1) is 0 Å². The first-order chi connectivity index (χ1) is 13.0. The van der Waals surface area contributed by atoms with E-state index in [2.05, 4.69) is 11.6 Å². The SMILES string of the molecule is CCCCCCCCCCCCCCNS(=O)(=O)c1ccc(S(=O)O)cc1. The van der Waals surface area contributed by atoms with Gasteiger partial charge in [0.15, 0.2) is 11.1 Å². The summed E-state index contributed by atoms with van der Waals surface area (Å²) in [4.78, 5) is 0.311. The highest BCUT2D eigenvalue weighted by molar-refractivity contribution is 7.89. The standard InChI is InChI=1S/C20H35NO4S2/c1-2-3-4-5-6-7-8-9-10-11-12-13-18-21-27(24,25)20-16-14-19(15-17-20)26(22)23/h14-17,21H,2-13,18H2,1H3,(H,22,23). The van der Waals surface area contributed by atoms with E-state index in [0.717, 1.165) is 19.3 Å². The van der Waals surface area contributed by atoms with Gasteiger partial charge in [0, 0.05) is 6.54 Å². The number of sulfonamides is 1. The average Bonchev–Trinajstić information content (AvgIpc) is 2.65. The van der Waals surface area contributed by atoms with E-state index in [9.17, 15) is 12.6 Å². The van der Waals surface area contributed by atoms with Gasteiger partial charge in [-0.3, -0.25) is 0 Å². The molecule has 0 aromatic heterocycles. The zero-order valence-electron chi connectivity index (χ0n) is 16.5. The maximum atomic E-state index is 12.2. The minimum absolute atomic E-state index is 0.121. The number of nitrogens with one attached hydrogen (secondary N) is 1. The van der Waals surface area contributed by atoms with Gasteiger partial charge in [-0.1, -0.05) is 77.6 Å². The van der Waals surface area contributed by atoms with E-state index in [-0.39, 0.29) is 9.79 Å². The first-order valence-electron chi connectivity index (χ1n) is 10.2. The lowest BCUT2D eigenvalue weighted by atomic mass is 10.1. The summed E-state index contributed by atoms with van der Waals surface area (Å²) in [6.45, 7) is 2.66. The molecule has 0 saturated heterocycles. The Kier molecular flexibility index (Phi) is 12.8. The van der Waals surface area contributed by atoms with Crippen molar-refractivity contribution in [3.63, 3.8) is 0 Å². The van der Waals surface area contributed by atoms with Crippen molar-refractivity contribution in [2.24, 2.45) is 0 Å². The highest BCUT2D eigenvalue weighted by atomic mass is 32.2. The average molecular weight is 418 g/mol. The summed E-state index contributed by atoms with van der Waals surface area (Å²) in [5, 5.41) is 0. The maximum absolute atomic E-state index is 12.2. The van der Waals surface area contributed by atoms with Gasteiger partial charge in [0.05, 0.1) is 9.79 Å². The van der Waals surface area contributed by atoms with Gasteiger partial charge in [-0.25, -0.2) is 17.3 Å². The van der Waals surface area contributed by atoms with E-state index >= 15 is 0 Å². The first kappa shape index (κ1) is 24.3. The molecule has 156 valence electrons. The maximum Gasteiger partial charge on any atom is 0.240 e. The quantitative estimate of drug-likeness (QED) is 0.284. The molecule has 0 aliphatic carbocycles. The second-order valence-corrected chi connectivity index (χ2v) is 9.74. The van der Waals surface area contributed by atoms with Crippen molar-refractivity contribution in [1.82, 2.24) is 4.72 Å². The topological polar surface area (TPSA) is 83.5 Å². The minimum Gasteiger partial charge on any atom is -0.302 e. The molecule has 1 rings (SSSR count). The third-order valence-electron chi connectivity index (χ3n) is 4.66. The number of rotatable bonds is 16. The minimum atomic E-state index is -3.55. The summed E-state index contributed by atoms with van der Waals surface area (Å²) in [5.74, 6) is 0. The van der Waals surface area contributed by atoms with Crippen LogP contribution in [0.4, 0.5) is 0 Å². The summed E-state index contributed by atoms with van der Waals surface area (Å²) in [5.41, 5.74) is 0. The number of unbranched alkanes of at least 4 members (excludes halogenated alkanes) is 11. The van der Waals surface area contributed by atoms with Crippen LogP contribution in [0.25, 0.3) is 0 Å². The molecule has 27 heavy (non-hydrogen) atoms. The van der Waals surface area contributed by atoms with Gasteiger partial charge in [0.2, 0.25) is 10.0 Å². The summed E-state index contributed by atoms with van der Waals surface area (Å²) in [6, 6.07) is 5.42. The Morgan fingerprint density at radius 1 is 0.815 bits per heavy atom. The van der Waals surface area contributed by atoms with Gasteiger partial charge in [-0.05, 0) is 30.7 Å². The van der Waals surface area contributed by atoms with Crippen LogP contribution < -0.4 is 4.72 Å². The molecule has 0 aliphatic rings. The van der Waals surface area contributed by atoms with Crippen molar-refractivity contribution in [1.29, 1.82) is 0 Å². The second kappa shape index (κ2) is 14.3. The van der Waals surface area contributed by atoms with E-state index in [1.807, 2.05) is 0 Å². The van der Waals surface area contributed by atoms with Crippen molar-refractivity contribution in [2.45, 2.75) is 93.8 Å². The van der Waals surface area contributed by atoms with Gasteiger partial charge in [-0.2, -0.15) is 0 Å². The largest absolute Gasteiger partial charge is 0.302 e. The highest BCUT2D eigenvalue weighted by Gasteiger charge is 2.13. The number of hydrogen-bond acceptors (Lipinski definition) is 3. The lowest BCUT2D eigenvalue weighted by Crippen LogP contribution is -2.24. The monoisotopic (exact) mass is 417 g/mol. The molecule has 0 spiro atoms. The van der Waals surface area contributed by atoms with Gasteiger partial charge in [-0.15, -0.1) is 0 Å². The Balaban J connectivity index is 2.06. The van der Waals surface area contributed by atoms with Gasteiger partial charge in [0.1, 0.15) is 0 Å². The summed E-state index contributed by atoms with van der Waals surface area (Å²) in [6.07, 6.45) is 14.9. The smallest absolute Gasteiger partial charge is 0.240 e. The van der Waals surface area contributed by atoms with Crippen LogP contribution in [0.2, 0.25) is 0 Å². The van der Waals surface area contributed by atoms with Crippen molar-refractivity contribution in [3.05, 3.63) is 24.3 Å². The molecular weight excluding hydrogens is 382 g/mol. The predicted molar refractivity (Wildman–Crippen MR) is 112 cm³/mol. The predicted octanol–water partition coefficient (Wildman–Crippen LogP) is 5.25. The highest BCUT2D eigenvalue weighted by Crippen LogP contribution is 2.14. The molecular formula is C20H35NO4S2. The molecule has 0 fully saturated rings. The molecule has 2 N–H and O–H groups in total. The van der Waals surface area contributed by atoms with Crippen LogP contribution >= 0.6 is 0 Å². The molecule has 7 heteroatoms. The molecule has 1 aromatic carbocycles. The zero-order chi connectivity index (χ0) is 20.0. The van der Waals surface area contributed by atoms with Gasteiger partial charge >= 0.3 is 0 Å². The van der Waals surface area contributed by atoms with Crippen LogP contribution in [0.5, 0.6) is 0 Å². The molecule has 1 unspecified atom stereocenters. The Morgan fingerprint density at radius 3 is 1.70 bits per heavy atom. The van der Waals surface area contributed by atoms with Crippen molar-refractivity contribution >= 4 is 21.1 Å².